The lowest BCUT2D eigenvalue weighted by atomic mass is 9.95. The molecule has 0 aliphatic carbocycles. The molecule has 1 aliphatic rings. The molecule has 14 nitrogen and oxygen atoms in total. The molecule has 3 aromatic carbocycles. The summed E-state index contributed by atoms with van der Waals surface area (Å²) in [5, 5.41) is 16.5. The minimum absolute atomic E-state index is 0. The number of piperidine rings is 1. The minimum Gasteiger partial charge on any atom is -0.344 e. The van der Waals surface area contributed by atoms with E-state index in [2.05, 4.69) is 10.4 Å². The largest absolute Gasteiger partial charge is 0.416 e. The first kappa shape index (κ1) is 42.1. The van der Waals surface area contributed by atoms with Gasteiger partial charge in [0.15, 0.2) is 0 Å². The third kappa shape index (κ3) is 8.40. The topological polar surface area (TPSA) is 207 Å². The van der Waals surface area contributed by atoms with Gasteiger partial charge in [-0.05, 0) is 124 Å². The van der Waals surface area contributed by atoms with Crippen LogP contribution in [0.25, 0.3) is 22.8 Å². The van der Waals surface area contributed by atoms with Crippen molar-refractivity contribution >= 4 is 22.1 Å². The van der Waals surface area contributed by atoms with Gasteiger partial charge in [-0.3, -0.25) is 13.9 Å². The summed E-state index contributed by atoms with van der Waals surface area (Å²) in [6.07, 6.45) is -2.23. The highest BCUT2D eigenvalue weighted by atomic mass is 32.2. The van der Waals surface area contributed by atoms with Gasteiger partial charge in [0, 0.05) is 25.6 Å². The maximum Gasteiger partial charge on any atom is 0.416 e. The van der Waals surface area contributed by atoms with Gasteiger partial charge in [0.1, 0.15) is 5.69 Å². The van der Waals surface area contributed by atoms with E-state index in [1.54, 1.807) is 49.1 Å². The number of alkyl halides is 3. The van der Waals surface area contributed by atoms with Crippen molar-refractivity contribution in [2.24, 2.45) is 0 Å². The second-order valence-corrected chi connectivity index (χ2v) is 15.1. The van der Waals surface area contributed by atoms with Gasteiger partial charge in [0.2, 0.25) is 5.91 Å². The maximum atomic E-state index is 14.2. The molecule has 1 fully saturated rings. The molecule has 2 aromatic heterocycles. The molecule has 6 rings (SSSR count). The summed E-state index contributed by atoms with van der Waals surface area (Å²) in [7, 11) is -4.46. The first-order valence-corrected chi connectivity index (χ1v) is 19.1. The summed E-state index contributed by atoms with van der Waals surface area (Å²) >= 11 is 0. The molecule has 5 aromatic rings. The number of nitrogens with one attached hydrogen (secondary N) is 1. The molecule has 0 radical (unpaired) electrons. The molecule has 3 heterocycles. The van der Waals surface area contributed by atoms with E-state index in [4.69, 9.17) is 0 Å². The number of aryl methyl sites for hydroxylation is 1. The first-order chi connectivity index (χ1) is 26.4. The predicted molar refractivity (Wildman–Crippen MR) is 204 cm³/mol. The fraction of sp³-hybridized carbons (Fsp3) is 0.308. The van der Waals surface area contributed by atoms with E-state index in [-0.39, 0.29) is 65.7 Å². The standard InChI is InChI=1S/C39H38F3N7O6S.H3N/c1-23-24(2)28(20-34(25(23)3)56(53,54)55)10-13-35(50)46-18-15-30(16-19-46)45-37(51)48-36(33-14-17-44-49(33)31-11-8-27(22-43)9-12-31)26(4)47(38(48)52)32-7-5-6-29(21-32)39(40,41)42;/h5-9,11-12,14,17,20-21,30H,10,13,15-16,18-19H2,1-4H3,(H,45,51)(H,53,54,55);1H3. The van der Waals surface area contributed by atoms with Gasteiger partial charge in [-0.15, -0.1) is 0 Å². The van der Waals surface area contributed by atoms with Crippen molar-refractivity contribution in [3.8, 4) is 28.8 Å². The quantitative estimate of drug-likeness (QED) is 0.152. The second-order valence-electron chi connectivity index (χ2n) is 13.7. The minimum atomic E-state index is -4.69. The Morgan fingerprint density at radius 1 is 0.965 bits per heavy atom. The van der Waals surface area contributed by atoms with Gasteiger partial charge >= 0.3 is 17.9 Å². The van der Waals surface area contributed by atoms with Crippen molar-refractivity contribution in [2.75, 3.05) is 13.1 Å². The molecule has 1 aliphatic heterocycles. The molecular weight excluding hydrogens is 766 g/mol. The Morgan fingerprint density at radius 2 is 1.63 bits per heavy atom. The summed E-state index contributed by atoms with van der Waals surface area (Å²) in [6.45, 7) is 7.28. The number of halogens is 3. The van der Waals surface area contributed by atoms with Crippen molar-refractivity contribution in [3.63, 3.8) is 0 Å². The maximum absolute atomic E-state index is 14.2. The van der Waals surface area contributed by atoms with E-state index in [1.807, 2.05) is 13.0 Å². The number of nitriles is 1. The fourth-order valence-electron chi connectivity index (χ4n) is 7.11. The van der Waals surface area contributed by atoms with Crippen molar-refractivity contribution in [1.29, 1.82) is 5.26 Å². The van der Waals surface area contributed by atoms with Gasteiger partial charge in [0.05, 0.1) is 51.1 Å². The molecule has 5 N–H and O–H groups in total. The van der Waals surface area contributed by atoms with Crippen LogP contribution in [0, 0.1) is 39.0 Å². The van der Waals surface area contributed by atoms with Crippen molar-refractivity contribution in [3.05, 3.63) is 116 Å². The van der Waals surface area contributed by atoms with Crippen LogP contribution in [0.1, 0.15) is 58.3 Å². The molecule has 57 heavy (non-hydrogen) atoms. The number of nitrogens with zero attached hydrogens (tertiary/aromatic N) is 6. The molecule has 0 saturated carbocycles. The Balaban J connectivity index is 0.00000620. The number of amides is 2. The number of rotatable bonds is 8. The number of likely N-dealkylation sites (tertiary alicyclic amines) is 1. The molecule has 0 spiro atoms. The van der Waals surface area contributed by atoms with Crippen LogP contribution in [0.4, 0.5) is 18.0 Å². The molecule has 2 amide bonds. The molecule has 0 atom stereocenters. The van der Waals surface area contributed by atoms with Crippen molar-refractivity contribution in [2.45, 2.75) is 70.5 Å². The number of hydrogen-bond donors (Lipinski definition) is 3. The number of aromatic nitrogens is 4. The van der Waals surface area contributed by atoms with Crippen molar-refractivity contribution < 1.29 is 35.7 Å². The van der Waals surface area contributed by atoms with E-state index in [9.17, 15) is 45.8 Å². The number of imidazole rings is 1. The van der Waals surface area contributed by atoms with Gasteiger partial charge < -0.3 is 16.4 Å². The van der Waals surface area contributed by atoms with Crippen LogP contribution in [0.15, 0.2) is 76.6 Å². The summed E-state index contributed by atoms with van der Waals surface area (Å²) in [6, 6.07) is 14.4. The third-order valence-electron chi connectivity index (χ3n) is 10.4. The van der Waals surface area contributed by atoms with Gasteiger partial charge in [-0.1, -0.05) is 6.07 Å². The molecule has 0 unspecified atom stereocenters. The Morgan fingerprint density at radius 3 is 2.25 bits per heavy atom. The summed E-state index contributed by atoms with van der Waals surface area (Å²) < 4.78 is 78.2. The zero-order chi connectivity index (χ0) is 40.7. The van der Waals surface area contributed by atoms with E-state index in [1.165, 1.54) is 36.0 Å². The van der Waals surface area contributed by atoms with Crippen LogP contribution in [-0.4, -0.2) is 67.9 Å². The lowest BCUT2D eigenvalue weighted by molar-refractivity contribution is -0.137. The smallest absolute Gasteiger partial charge is 0.344 e. The molecule has 300 valence electrons. The zero-order valence-corrected chi connectivity index (χ0v) is 32.4. The van der Waals surface area contributed by atoms with Crippen LogP contribution < -0.4 is 17.2 Å². The van der Waals surface area contributed by atoms with Gasteiger partial charge in [0.25, 0.3) is 10.1 Å². The average Bonchev–Trinajstić information content (AvgIpc) is 3.74. The molecule has 18 heteroatoms. The summed E-state index contributed by atoms with van der Waals surface area (Å²) in [4.78, 5) is 43.0. The van der Waals surface area contributed by atoms with E-state index in [0.29, 0.717) is 40.8 Å². The molecular formula is C39H41F3N8O6S. The van der Waals surface area contributed by atoms with Crippen molar-refractivity contribution in [1.82, 2.24) is 35.3 Å². The molecule has 1 saturated heterocycles. The number of carbonyl (C=O) groups is 2. The highest BCUT2D eigenvalue weighted by Crippen LogP contribution is 2.32. The predicted octanol–water partition coefficient (Wildman–Crippen LogP) is 6.21. The first-order valence-electron chi connectivity index (χ1n) is 17.6. The summed E-state index contributed by atoms with van der Waals surface area (Å²) in [5.74, 6) is -0.177. The molecule has 0 bridgehead atoms. The summed E-state index contributed by atoms with van der Waals surface area (Å²) in [5.41, 5.74) is 2.05. The zero-order valence-electron chi connectivity index (χ0n) is 31.6. The van der Waals surface area contributed by atoms with Crippen LogP contribution >= 0.6 is 0 Å². The average molecular weight is 807 g/mol. The monoisotopic (exact) mass is 806 g/mol. The van der Waals surface area contributed by atoms with E-state index < -0.39 is 39.6 Å². The Kier molecular flexibility index (Phi) is 12.0. The fourth-order valence-corrected chi connectivity index (χ4v) is 7.94. The lowest BCUT2D eigenvalue weighted by Gasteiger charge is -2.32. The normalized spacial score (nSPS) is 13.6. The van der Waals surface area contributed by atoms with Gasteiger partial charge in [-0.2, -0.15) is 31.9 Å². The Bertz CT molecular complexity index is 2560. The third-order valence-corrected chi connectivity index (χ3v) is 11.4. The Labute approximate surface area is 326 Å². The van der Waals surface area contributed by atoms with Crippen LogP contribution in [0.5, 0.6) is 0 Å². The lowest BCUT2D eigenvalue weighted by Crippen LogP contribution is -2.49. The number of benzene rings is 3. The number of carbonyl (C=O) groups excluding carboxylic acids is 2. The van der Waals surface area contributed by atoms with E-state index in [0.717, 1.165) is 26.8 Å². The number of hydrogen-bond acceptors (Lipinski definition) is 8. The van der Waals surface area contributed by atoms with Gasteiger partial charge in [-0.25, -0.2) is 18.8 Å². The van der Waals surface area contributed by atoms with Crippen LogP contribution in [0.2, 0.25) is 0 Å². The second kappa shape index (κ2) is 16.2. The van der Waals surface area contributed by atoms with E-state index >= 15 is 0 Å². The highest BCUT2D eigenvalue weighted by molar-refractivity contribution is 7.85. The van der Waals surface area contributed by atoms with Crippen LogP contribution in [0.3, 0.4) is 0 Å². The van der Waals surface area contributed by atoms with Crippen LogP contribution in [-0.2, 0) is 27.5 Å². The SMILES string of the molecule is Cc1c(CCC(=O)N2CCC(NC(=O)n3c(-c4ccnn4-c4ccc(C#N)cc4)c(C)n(-c4cccc(C(F)(F)F)c4)c3=O)CC2)cc(S(=O)(=O)O)c(C)c1C.N. The Hall–Kier alpha value is -6.03. The highest BCUT2D eigenvalue weighted by Gasteiger charge is 2.33.